The summed E-state index contributed by atoms with van der Waals surface area (Å²) in [4.78, 5) is 14.5. The minimum Gasteiger partial charge on any atom is -0.395 e. The number of anilines is 1. The first-order valence-electron chi connectivity index (χ1n) is 7.05. The van der Waals surface area contributed by atoms with E-state index in [9.17, 15) is 4.79 Å². The molecule has 1 atom stereocenters. The van der Waals surface area contributed by atoms with Crippen LogP contribution in [0.1, 0.15) is 24.8 Å². The number of hydrogen-bond acceptors (Lipinski definition) is 3. The van der Waals surface area contributed by atoms with Crippen LogP contribution in [0.4, 0.5) is 5.69 Å². The molecule has 2 N–H and O–H groups in total. The molecule has 1 heterocycles. The van der Waals surface area contributed by atoms with Gasteiger partial charge in [-0.3, -0.25) is 4.79 Å². The molecule has 0 bridgehead atoms. The van der Waals surface area contributed by atoms with Crippen molar-refractivity contribution in [3.8, 4) is 0 Å². The van der Waals surface area contributed by atoms with Crippen molar-refractivity contribution in [3.63, 3.8) is 0 Å². The summed E-state index contributed by atoms with van der Waals surface area (Å²) in [5, 5.41) is 12.5. The molecular weight excluding hydrogens is 240 g/mol. The normalized spacial score (nSPS) is 21.4. The van der Waals surface area contributed by atoms with Crippen molar-refractivity contribution in [2.24, 2.45) is 0 Å². The van der Waals surface area contributed by atoms with E-state index in [0.29, 0.717) is 12.6 Å². The smallest absolute Gasteiger partial charge is 0.245 e. The third-order valence-corrected chi connectivity index (χ3v) is 4.21. The molecular formula is C15H20N2O2. The van der Waals surface area contributed by atoms with Crippen molar-refractivity contribution >= 4 is 11.6 Å². The Labute approximate surface area is 113 Å². The van der Waals surface area contributed by atoms with Gasteiger partial charge in [-0.25, -0.2) is 0 Å². The van der Waals surface area contributed by atoms with Crippen molar-refractivity contribution < 1.29 is 9.90 Å². The minimum atomic E-state index is -0.162. The van der Waals surface area contributed by atoms with Gasteiger partial charge in [0.05, 0.1) is 6.61 Å². The number of nitrogens with zero attached hydrogens (tertiary/aromatic N) is 1. The van der Waals surface area contributed by atoms with Gasteiger partial charge in [-0.2, -0.15) is 0 Å². The van der Waals surface area contributed by atoms with Gasteiger partial charge >= 0.3 is 0 Å². The largest absolute Gasteiger partial charge is 0.395 e. The van der Waals surface area contributed by atoms with Crippen molar-refractivity contribution in [1.29, 1.82) is 0 Å². The van der Waals surface area contributed by atoms with Crippen LogP contribution < -0.4 is 5.32 Å². The second kappa shape index (κ2) is 5.21. The number of nitrogens with one attached hydrogen (secondary N) is 1. The van der Waals surface area contributed by atoms with Crippen LogP contribution >= 0.6 is 0 Å². The summed E-state index contributed by atoms with van der Waals surface area (Å²) in [5.74, 6) is 0.134. The maximum absolute atomic E-state index is 12.6. The number of aliphatic hydroxyl groups excluding tert-OH is 1. The predicted molar refractivity (Wildman–Crippen MR) is 74.0 cm³/mol. The van der Waals surface area contributed by atoms with Gasteiger partial charge in [0.25, 0.3) is 0 Å². The fourth-order valence-corrected chi connectivity index (χ4v) is 2.93. The average Bonchev–Trinajstić information content (AvgIpc) is 2.79. The van der Waals surface area contributed by atoms with Gasteiger partial charge in [0.15, 0.2) is 0 Å². The van der Waals surface area contributed by atoms with E-state index in [-0.39, 0.29) is 18.6 Å². The molecule has 4 nitrogen and oxygen atoms in total. The van der Waals surface area contributed by atoms with Crippen LogP contribution in [0.5, 0.6) is 0 Å². The summed E-state index contributed by atoms with van der Waals surface area (Å²) < 4.78 is 0. The van der Waals surface area contributed by atoms with Crippen molar-refractivity contribution in [2.75, 3.05) is 18.5 Å². The van der Waals surface area contributed by atoms with Gasteiger partial charge in [-0.05, 0) is 30.9 Å². The summed E-state index contributed by atoms with van der Waals surface area (Å²) in [6, 6.07) is 8.24. The number of carbonyl (C=O) groups excluding carboxylic acids is 1. The molecule has 4 heteroatoms. The van der Waals surface area contributed by atoms with Crippen molar-refractivity contribution in [2.45, 2.75) is 37.8 Å². The molecule has 1 aliphatic heterocycles. The van der Waals surface area contributed by atoms with Gasteiger partial charge in [-0.15, -0.1) is 0 Å². The number of fused-ring (bicyclic) bond motifs is 1. The molecule has 1 saturated carbocycles. The monoisotopic (exact) mass is 260 g/mol. The molecule has 2 aliphatic rings. The lowest BCUT2D eigenvalue weighted by atomic mass is 9.91. The second-order valence-corrected chi connectivity index (χ2v) is 5.40. The van der Waals surface area contributed by atoms with Gasteiger partial charge < -0.3 is 15.3 Å². The van der Waals surface area contributed by atoms with Crippen LogP contribution in [-0.2, 0) is 11.2 Å². The van der Waals surface area contributed by atoms with Gasteiger partial charge in [0.2, 0.25) is 5.91 Å². The van der Waals surface area contributed by atoms with Crippen LogP contribution in [-0.4, -0.2) is 41.1 Å². The van der Waals surface area contributed by atoms with E-state index in [1.807, 2.05) is 23.1 Å². The average molecular weight is 260 g/mol. The van der Waals surface area contributed by atoms with E-state index in [2.05, 4.69) is 11.4 Å². The molecule has 1 fully saturated rings. The number of para-hydroxylation sites is 1. The summed E-state index contributed by atoms with van der Waals surface area (Å²) >= 11 is 0. The van der Waals surface area contributed by atoms with E-state index in [4.69, 9.17) is 5.11 Å². The zero-order valence-electron chi connectivity index (χ0n) is 11.0. The van der Waals surface area contributed by atoms with Crippen LogP contribution in [0.3, 0.4) is 0 Å². The highest BCUT2D eigenvalue weighted by Gasteiger charge is 2.35. The zero-order chi connectivity index (χ0) is 13.2. The Balaban J connectivity index is 1.70. The summed E-state index contributed by atoms with van der Waals surface area (Å²) in [7, 11) is 0. The third-order valence-electron chi connectivity index (χ3n) is 4.21. The first-order valence-corrected chi connectivity index (χ1v) is 7.05. The van der Waals surface area contributed by atoms with Gasteiger partial charge in [-0.1, -0.05) is 18.2 Å². The molecule has 102 valence electrons. The lowest BCUT2D eigenvalue weighted by Gasteiger charge is -2.38. The van der Waals surface area contributed by atoms with E-state index in [1.54, 1.807) is 0 Å². The predicted octanol–water partition coefficient (Wildman–Crippen LogP) is 1.40. The SMILES string of the molecule is O=C([C@@H]1Cc2ccccc2N1)N(CCO)C1CCC1. The molecule has 1 aliphatic carbocycles. The Morgan fingerprint density at radius 2 is 2.16 bits per heavy atom. The summed E-state index contributed by atoms with van der Waals surface area (Å²) in [6.45, 7) is 0.500. The molecule has 0 radical (unpaired) electrons. The highest BCUT2D eigenvalue weighted by Crippen LogP contribution is 2.29. The Morgan fingerprint density at radius 3 is 2.79 bits per heavy atom. The van der Waals surface area contributed by atoms with Crippen LogP contribution in [0.15, 0.2) is 24.3 Å². The fraction of sp³-hybridized carbons (Fsp3) is 0.533. The molecule has 0 spiro atoms. The van der Waals surface area contributed by atoms with Crippen LogP contribution in [0, 0.1) is 0 Å². The molecule has 0 unspecified atom stereocenters. The Bertz CT molecular complexity index is 446. The molecule has 1 amide bonds. The second-order valence-electron chi connectivity index (χ2n) is 5.40. The lowest BCUT2D eigenvalue weighted by Crippen LogP contribution is -2.51. The third kappa shape index (κ3) is 2.32. The fourth-order valence-electron chi connectivity index (χ4n) is 2.93. The molecule has 1 aromatic rings. The molecule has 1 aromatic carbocycles. The number of hydrogen-bond donors (Lipinski definition) is 2. The molecule has 19 heavy (non-hydrogen) atoms. The van der Waals surface area contributed by atoms with Crippen molar-refractivity contribution in [1.82, 2.24) is 4.90 Å². The van der Waals surface area contributed by atoms with Crippen LogP contribution in [0.2, 0.25) is 0 Å². The minimum absolute atomic E-state index is 0.0436. The van der Waals surface area contributed by atoms with E-state index in [1.165, 1.54) is 12.0 Å². The highest BCUT2D eigenvalue weighted by atomic mass is 16.3. The maximum atomic E-state index is 12.6. The maximum Gasteiger partial charge on any atom is 0.245 e. The van der Waals surface area contributed by atoms with Gasteiger partial charge in [0, 0.05) is 24.7 Å². The summed E-state index contributed by atoms with van der Waals surface area (Å²) in [5.41, 5.74) is 2.27. The Kier molecular flexibility index (Phi) is 3.42. The van der Waals surface area contributed by atoms with E-state index in [0.717, 1.165) is 24.9 Å². The Morgan fingerprint density at radius 1 is 1.37 bits per heavy atom. The first-order chi connectivity index (χ1) is 9.29. The van der Waals surface area contributed by atoms with Crippen LogP contribution in [0.25, 0.3) is 0 Å². The van der Waals surface area contributed by atoms with Crippen molar-refractivity contribution in [3.05, 3.63) is 29.8 Å². The zero-order valence-corrected chi connectivity index (χ0v) is 11.0. The number of benzene rings is 1. The number of aliphatic hydroxyl groups is 1. The first kappa shape index (κ1) is 12.5. The quantitative estimate of drug-likeness (QED) is 0.860. The molecule has 0 aromatic heterocycles. The number of rotatable bonds is 4. The van der Waals surface area contributed by atoms with E-state index >= 15 is 0 Å². The van der Waals surface area contributed by atoms with Gasteiger partial charge in [0.1, 0.15) is 6.04 Å². The molecule has 0 saturated heterocycles. The topological polar surface area (TPSA) is 52.6 Å². The number of carbonyl (C=O) groups is 1. The molecule has 3 rings (SSSR count). The standard InChI is InChI=1S/C15H20N2O2/c18-9-8-17(12-5-3-6-12)15(19)14-10-11-4-1-2-7-13(11)16-14/h1-2,4,7,12,14,16,18H,3,5-6,8-10H2/t14-/m0/s1. The highest BCUT2D eigenvalue weighted by molar-refractivity contribution is 5.87. The number of amides is 1. The lowest BCUT2D eigenvalue weighted by molar-refractivity contribution is -0.136. The Hall–Kier alpha value is -1.55. The summed E-state index contributed by atoms with van der Waals surface area (Å²) in [6.07, 6.45) is 4.10. The van der Waals surface area contributed by atoms with E-state index < -0.39 is 0 Å².